The maximum Gasteiger partial charge on any atom is 0.0136 e. The predicted octanol–water partition coefficient (Wildman–Crippen LogP) is 0.397. The second kappa shape index (κ2) is 10.5. The average molecular weight is 161 g/mol. The minimum atomic E-state index is 0. The topological polar surface area (TPSA) is 38.0 Å². The lowest BCUT2D eigenvalue weighted by Gasteiger charge is -1.99. The monoisotopic (exact) mass is 160 g/mol. The molecule has 0 aromatic heterocycles. The van der Waals surface area contributed by atoms with Gasteiger partial charge in [-0.3, -0.25) is 0 Å². The molecule has 0 radical (unpaired) electrons. The first-order valence-corrected chi connectivity index (χ1v) is 2.17. The Morgan fingerprint density at radius 3 is 1.88 bits per heavy atom. The highest BCUT2D eigenvalue weighted by atomic mass is 35.5. The van der Waals surface area contributed by atoms with E-state index in [4.69, 9.17) is 5.73 Å². The third-order valence-corrected chi connectivity index (χ3v) is 0.526. The predicted molar refractivity (Wildman–Crippen MR) is 42.1 cm³/mol. The molecule has 4 heteroatoms. The van der Waals surface area contributed by atoms with Crippen molar-refractivity contribution in [3.63, 3.8) is 0 Å². The molecule has 0 amide bonds. The van der Waals surface area contributed by atoms with E-state index in [1.807, 2.05) is 14.0 Å². The van der Waals surface area contributed by atoms with E-state index >= 15 is 0 Å². The van der Waals surface area contributed by atoms with Gasteiger partial charge in [-0.05, 0) is 14.0 Å². The van der Waals surface area contributed by atoms with E-state index in [1.54, 1.807) is 0 Å². The molecule has 0 bridgehead atoms. The lowest BCUT2D eigenvalue weighted by atomic mass is 10.4. The minimum absolute atomic E-state index is 0. The van der Waals surface area contributed by atoms with Gasteiger partial charge in [-0.25, -0.2) is 0 Å². The van der Waals surface area contributed by atoms with Gasteiger partial charge in [-0.15, -0.1) is 24.8 Å². The summed E-state index contributed by atoms with van der Waals surface area (Å²) in [5.74, 6) is 0. The van der Waals surface area contributed by atoms with Crippen molar-refractivity contribution in [1.29, 1.82) is 0 Å². The number of hydrogen-bond acceptors (Lipinski definition) is 2. The standard InChI is InChI=1S/C4H12N2.2ClH/c1-4(5)3-6-2;;/h4,6H,3,5H2,1-2H3;2*1H. The summed E-state index contributed by atoms with van der Waals surface area (Å²) < 4.78 is 0. The summed E-state index contributed by atoms with van der Waals surface area (Å²) in [5, 5.41) is 2.94. The lowest BCUT2D eigenvalue weighted by Crippen LogP contribution is -2.28. The molecule has 1 unspecified atom stereocenters. The van der Waals surface area contributed by atoms with Crippen LogP contribution in [0.25, 0.3) is 0 Å². The van der Waals surface area contributed by atoms with Gasteiger partial charge in [0.25, 0.3) is 0 Å². The smallest absolute Gasteiger partial charge is 0.0136 e. The van der Waals surface area contributed by atoms with Crippen LogP contribution >= 0.6 is 24.8 Å². The molecule has 3 N–H and O–H groups in total. The molecule has 8 heavy (non-hydrogen) atoms. The van der Waals surface area contributed by atoms with Gasteiger partial charge in [0, 0.05) is 12.6 Å². The summed E-state index contributed by atoms with van der Waals surface area (Å²) in [7, 11) is 1.89. The van der Waals surface area contributed by atoms with Crippen molar-refractivity contribution in [3.8, 4) is 0 Å². The first-order chi connectivity index (χ1) is 2.77. The molecule has 0 fully saturated rings. The van der Waals surface area contributed by atoms with Crippen LogP contribution in [0.3, 0.4) is 0 Å². The Balaban J connectivity index is -0.000000125. The Morgan fingerprint density at radius 2 is 1.88 bits per heavy atom. The second-order valence-electron chi connectivity index (χ2n) is 1.53. The first kappa shape index (κ1) is 15.8. The molecule has 54 valence electrons. The first-order valence-electron chi connectivity index (χ1n) is 2.17. The van der Waals surface area contributed by atoms with E-state index in [-0.39, 0.29) is 30.9 Å². The van der Waals surface area contributed by atoms with Gasteiger partial charge < -0.3 is 11.1 Å². The number of nitrogens with one attached hydrogen (secondary N) is 1. The number of hydrogen-bond donors (Lipinski definition) is 2. The van der Waals surface area contributed by atoms with Gasteiger partial charge in [0.15, 0.2) is 0 Å². The molecular formula is C4H14Cl2N2. The SMILES string of the molecule is CNCC(C)N.Cl.Cl. The molecule has 0 saturated heterocycles. The molecular weight excluding hydrogens is 147 g/mol. The van der Waals surface area contributed by atoms with Crippen LogP contribution < -0.4 is 11.1 Å². The van der Waals surface area contributed by atoms with Crippen molar-refractivity contribution in [2.75, 3.05) is 13.6 Å². The van der Waals surface area contributed by atoms with Crippen molar-refractivity contribution >= 4 is 24.8 Å². The van der Waals surface area contributed by atoms with E-state index < -0.39 is 0 Å². The van der Waals surface area contributed by atoms with Crippen LogP contribution in [0, 0.1) is 0 Å². The summed E-state index contributed by atoms with van der Waals surface area (Å²) in [6.07, 6.45) is 0. The van der Waals surface area contributed by atoms with Crippen molar-refractivity contribution < 1.29 is 0 Å². The highest BCUT2D eigenvalue weighted by Gasteiger charge is 1.84. The fourth-order valence-electron chi connectivity index (χ4n) is 0.322. The molecule has 2 nitrogen and oxygen atoms in total. The fourth-order valence-corrected chi connectivity index (χ4v) is 0.322. The van der Waals surface area contributed by atoms with E-state index in [2.05, 4.69) is 5.32 Å². The second-order valence-corrected chi connectivity index (χ2v) is 1.53. The Bertz CT molecular complexity index is 33.2. The average Bonchev–Trinajstić information content (AvgIpc) is 1.35. The van der Waals surface area contributed by atoms with Gasteiger partial charge in [-0.1, -0.05) is 0 Å². The van der Waals surface area contributed by atoms with Gasteiger partial charge >= 0.3 is 0 Å². The minimum Gasteiger partial charge on any atom is -0.327 e. The Morgan fingerprint density at radius 1 is 1.50 bits per heavy atom. The van der Waals surface area contributed by atoms with E-state index in [1.165, 1.54) is 0 Å². The summed E-state index contributed by atoms with van der Waals surface area (Å²) in [6, 6.07) is 0.287. The maximum atomic E-state index is 5.34. The van der Waals surface area contributed by atoms with Crippen LogP contribution in [-0.4, -0.2) is 19.6 Å². The van der Waals surface area contributed by atoms with Crippen molar-refractivity contribution in [1.82, 2.24) is 5.32 Å². The molecule has 0 aliphatic carbocycles. The Labute approximate surface area is 63.0 Å². The van der Waals surface area contributed by atoms with Gasteiger partial charge in [0.2, 0.25) is 0 Å². The van der Waals surface area contributed by atoms with Crippen molar-refractivity contribution in [3.05, 3.63) is 0 Å². The largest absolute Gasteiger partial charge is 0.327 e. The molecule has 0 aliphatic heterocycles. The fraction of sp³-hybridized carbons (Fsp3) is 1.00. The number of halogens is 2. The normalized spacial score (nSPS) is 10.9. The van der Waals surface area contributed by atoms with Gasteiger partial charge in [-0.2, -0.15) is 0 Å². The summed E-state index contributed by atoms with van der Waals surface area (Å²) in [5.41, 5.74) is 5.34. The lowest BCUT2D eigenvalue weighted by molar-refractivity contribution is 0.666. The van der Waals surface area contributed by atoms with Crippen LogP contribution in [0.2, 0.25) is 0 Å². The van der Waals surface area contributed by atoms with Gasteiger partial charge in [0.05, 0.1) is 0 Å². The zero-order valence-corrected chi connectivity index (χ0v) is 6.81. The van der Waals surface area contributed by atoms with Crippen LogP contribution in [-0.2, 0) is 0 Å². The van der Waals surface area contributed by atoms with Crippen LogP contribution in [0.5, 0.6) is 0 Å². The highest BCUT2D eigenvalue weighted by molar-refractivity contribution is 5.85. The van der Waals surface area contributed by atoms with Crippen molar-refractivity contribution in [2.45, 2.75) is 13.0 Å². The third-order valence-electron chi connectivity index (χ3n) is 0.526. The van der Waals surface area contributed by atoms with Crippen LogP contribution in [0.15, 0.2) is 0 Å². The van der Waals surface area contributed by atoms with Crippen LogP contribution in [0.1, 0.15) is 6.92 Å². The molecule has 0 rings (SSSR count). The maximum absolute atomic E-state index is 5.34. The highest BCUT2D eigenvalue weighted by Crippen LogP contribution is 1.63. The molecule has 0 aromatic carbocycles. The summed E-state index contributed by atoms with van der Waals surface area (Å²) in [4.78, 5) is 0. The molecule has 0 saturated carbocycles. The van der Waals surface area contributed by atoms with Crippen LogP contribution in [0.4, 0.5) is 0 Å². The number of rotatable bonds is 2. The number of nitrogens with two attached hydrogens (primary N) is 1. The molecule has 0 heterocycles. The molecule has 1 atom stereocenters. The van der Waals surface area contributed by atoms with E-state index in [0.717, 1.165) is 6.54 Å². The summed E-state index contributed by atoms with van der Waals surface area (Å²) in [6.45, 7) is 2.87. The molecule has 0 aliphatic rings. The van der Waals surface area contributed by atoms with E-state index in [0.29, 0.717) is 0 Å². The number of likely N-dealkylation sites (N-methyl/N-ethyl adjacent to an activating group) is 1. The Hall–Kier alpha value is 0.500. The third kappa shape index (κ3) is 16.1. The molecule has 0 aromatic rings. The molecule has 0 spiro atoms. The van der Waals surface area contributed by atoms with Crippen molar-refractivity contribution in [2.24, 2.45) is 5.73 Å². The quantitative estimate of drug-likeness (QED) is 0.615. The zero-order valence-electron chi connectivity index (χ0n) is 5.18. The van der Waals surface area contributed by atoms with Gasteiger partial charge in [0.1, 0.15) is 0 Å². The zero-order chi connectivity index (χ0) is 4.99. The summed E-state index contributed by atoms with van der Waals surface area (Å²) >= 11 is 0. The van der Waals surface area contributed by atoms with E-state index in [9.17, 15) is 0 Å². The Kier molecular flexibility index (Phi) is 20.7.